The zero-order valence-electron chi connectivity index (χ0n) is 13.9. The monoisotopic (exact) mass is 317 g/mol. The fraction of sp³-hybridized carbons (Fsp3) is 0.632. The molecule has 1 amide bonds. The standard InChI is InChI=1S/C19H27NO3/c1-18(22,13-15-7-3-2-4-8-15)17(21)20-12-11-19(23)10-6-5-9-16(19)14-20/h2-4,7-8,16,22-23H,5-6,9-14H2,1H3. The fourth-order valence-corrected chi connectivity index (χ4v) is 4.16. The molecule has 23 heavy (non-hydrogen) atoms. The molecule has 2 fully saturated rings. The Bertz CT molecular complexity index is 557. The Morgan fingerprint density at radius 3 is 2.78 bits per heavy atom. The van der Waals surface area contributed by atoms with Crippen molar-refractivity contribution in [3.8, 4) is 0 Å². The van der Waals surface area contributed by atoms with Crippen LogP contribution in [-0.2, 0) is 11.2 Å². The third kappa shape index (κ3) is 3.43. The smallest absolute Gasteiger partial charge is 0.254 e. The lowest BCUT2D eigenvalue weighted by Gasteiger charge is -2.48. The van der Waals surface area contributed by atoms with Gasteiger partial charge in [0.2, 0.25) is 0 Å². The maximum atomic E-state index is 12.8. The van der Waals surface area contributed by atoms with E-state index in [1.165, 1.54) is 0 Å². The summed E-state index contributed by atoms with van der Waals surface area (Å²) in [5.74, 6) is -0.0598. The molecular weight excluding hydrogens is 290 g/mol. The summed E-state index contributed by atoms with van der Waals surface area (Å²) in [6.45, 7) is 2.71. The second kappa shape index (κ2) is 6.25. The lowest BCUT2D eigenvalue weighted by Crippen LogP contribution is -2.58. The van der Waals surface area contributed by atoms with Crippen molar-refractivity contribution in [1.82, 2.24) is 4.90 Å². The van der Waals surface area contributed by atoms with Crippen molar-refractivity contribution in [1.29, 1.82) is 0 Å². The van der Waals surface area contributed by atoms with E-state index in [-0.39, 0.29) is 11.8 Å². The molecule has 1 saturated heterocycles. The number of rotatable bonds is 3. The van der Waals surface area contributed by atoms with Gasteiger partial charge in [-0.2, -0.15) is 0 Å². The van der Waals surface area contributed by atoms with Crippen LogP contribution in [0.25, 0.3) is 0 Å². The maximum absolute atomic E-state index is 12.8. The number of hydrogen-bond acceptors (Lipinski definition) is 3. The average molecular weight is 317 g/mol. The van der Waals surface area contributed by atoms with Gasteiger partial charge in [-0.15, -0.1) is 0 Å². The van der Waals surface area contributed by atoms with Crippen LogP contribution in [0.15, 0.2) is 30.3 Å². The summed E-state index contributed by atoms with van der Waals surface area (Å²) in [5, 5.41) is 21.4. The summed E-state index contributed by atoms with van der Waals surface area (Å²) < 4.78 is 0. The zero-order valence-corrected chi connectivity index (χ0v) is 13.9. The molecular formula is C19H27NO3. The first-order chi connectivity index (χ1) is 10.9. The lowest BCUT2D eigenvalue weighted by atomic mass is 9.71. The van der Waals surface area contributed by atoms with Crippen LogP contribution < -0.4 is 0 Å². The van der Waals surface area contributed by atoms with Crippen LogP contribution in [0.5, 0.6) is 0 Å². The van der Waals surface area contributed by atoms with Gasteiger partial charge in [0.15, 0.2) is 0 Å². The molecule has 2 aliphatic rings. The van der Waals surface area contributed by atoms with Crippen molar-refractivity contribution in [3.05, 3.63) is 35.9 Å². The van der Waals surface area contributed by atoms with Gasteiger partial charge in [-0.3, -0.25) is 4.79 Å². The van der Waals surface area contributed by atoms with Gasteiger partial charge >= 0.3 is 0 Å². The van der Waals surface area contributed by atoms with Crippen LogP contribution in [-0.4, -0.2) is 45.3 Å². The summed E-state index contributed by atoms with van der Waals surface area (Å²) >= 11 is 0. The van der Waals surface area contributed by atoms with Crippen LogP contribution in [0.1, 0.15) is 44.6 Å². The average Bonchev–Trinajstić information content (AvgIpc) is 2.54. The second-order valence-electron chi connectivity index (χ2n) is 7.48. The molecule has 1 heterocycles. The molecule has 3 rings (SSSR count). The molecule has 2 N–H and O–H groups in total. The van der Waals surface area contributed by atoms with Crippen molar-refractivity contribution in [2.24, 2.45) is 5.92 Å². The van der Waals surface area contributed by atoms with Crippen LogP contribution >= 0.6 is 0 Å². The number of carbonyl (C=O) groups is 1. The van der Waals surface area contributed by atoms with Crippen molar-refractivity contribution in [3.63, 3.8) is 0 Å². The summed E-state index contributed by atoms with van der Waals surface area (Å²) in [5.41, 5.74) is -1.04. The van der Waals surface area contributed by atoms with Crippen LogP contribution in [0.4, 0.5) is 0 Å². The number of nitrogens with zero attached hydrogens (tertiary/aromatic N) is 1. The fourth-order valence-electron chi connectivity index (χ4n) is 4.16. The third-order valence-corrected chi connectivity index (χ3v) is 5.57. The van der Waals surface area contributed by atoms with E-state index in [0.717, 1.165) is 31.2 Å². The Hall–Kier alpha value is -1.39. The molecule has 0 spiro atoms. The van der Waals surface area contributed by atoms with Gasteiger partial charge in [0, 0.05) is 25.4 Å². The van der Waals surface area contributed by atoms with Gasteiger partial charge in [0.1, 0.15) is 5.60 Å². The van der Waals surface area contributed by atoms with Gasteiger partial charge in [0.25, 0.3) is 5.91 Å². The Balaban J connectivity index is 1.68. The number of likely N-dealkylation sites (tertiary alicyclic amines) is 1. The first-order valence-corrected chi connectivity index (χ1v) is 8.69. The molecule has 3 unspecified atom stereocenters. The summed E-state index contributed by atoms with van der Waals surface area (Å²) in [7, 11) is 0. The number of hydrogen-bond donors (Lipinski definition) is 2. The number of fused-ring (bicyclic) bond motifs is 1. The van der Waals surface area contributed by atoms with Gasteiger partial charge < -0.3 is 15.1 Å². The largest absolute Gasteiger partial charge is 0.389 e. The molecule has 1 aromatic rings. The molecule has 126 valence electrons. The summed E-state index contributed by atoms with van der Waals surface area (Å²) in [4.78, 5) is 14.6. The number of amides is 1. The SMILES string of the molecule is CC(O)(Cc1ccccc1)C(=O)N1CCC2(O)CCCCC2C1. The van der Waals surface area contributed by atoms with E-state index in [1.807, 2.05) is 30.3 Å². The first kappa shape index (κ1) is 16.5. The van der Waals surface area contributed by atoms with Crippen LogP contribution in [0, 0.1) is 5.92 Å². The van der Waals surface area contributed by atoms with E-state index in [1.54, 1.807) is 11.8 Å². The molecule has 1 aromatic carbocycles. The van der Waals surface area contributed by atoms with E-state index in [0.29, 0.717) is 25.9 Å². The molecule has 0 aromatic heterocycles. The highest BCUT2D eigenvalue weighted by Crippen LogP contribution is 2.40. The normalized spacial score (nSPS) is 30.4. The highest BCUT2D eigenvalue weighted by atomic mass is 16.3. The maximum Gasteiger partial charge on any atom is 0.254 e. The highest BCUT2D eigenvalue weighted by molar-refractivity contribution is 5.85. The van der Waals surface area contributed by atoms with Gasteiger partial charge in [-0.25, -0.2) is 0 Å². The molecule has 4 nitrogen and oxygen atoms in total. The number of carbonyl (C=O) groups excluding carboxylic acids is 1. The van der Waals surface area contributed by atoms with Crippen molar-refractivity contribution in [2.45, 2.75) is 56.7 Å². The third-order valence-electron chi connectivity index (χ3n) is 5.57. The predicted octanol–water partition coefficient (Wildman–Crippen LogP) is 2.13. The van der Waals surface area contributed by atoms with Crippen LogP contribution in [0.3, 0.4) is 0 Å². The minimum atomic E-state index is -1.40. The predicted molar refractivity (Wildman–Crippen MR) is 88.9 cm³/mol. The van der Waals surface area contributed by atoms with Crippen molar-refractivity contribution >= 4 is 5.91 Å². The Kier molecular flexibility index (Phi) is 4.47. The minimum Gasteiger partial charge on any atom is -0.389 e. The van der Waals surface area contributed by atoms with Crippen molar-refractivity contribution < 1.29 is 15.0 Å². The molecule has 1 aliphatic carbocycles. The van der Waals surface area contributed by atoms with Gasteiger partial charge in [0.05, 0.1) is 5.60 Å². The minimum absolute atomic E-state index is 0.154. The van der Waals surface area contributed by atoms with E-state index >= 15 is 0 Å². The van der Waals surface area contributed by atoms with Gasteiger partial charge in [-0.05, 0) is 31.7 Å². The van der Waals surface area contributed by atoms with Gasteiger partial charge in [-0.1, -0.05) is 43.2 Å². The lowest BCUT2D eigenvalue weighted by molar-refractivity contribution is -0.160. The number of benzene rings is 1. The Labute approximate surface area is 138 Å². The topological polar surface area (TPSA) is 60.8 Å². The zero-order chi connectivity index (χ0) is 16.5. The van der Waals surface area contributed by atoms with E-state index in [4.69, 9.17) is 0 Å². The van der Waals surface area contributed by atoms with Crippen LogP contribution in [0.2, 0.25) is 0 Å². The molecule has 0 radical (unpaired) electrons. The quantitative estimate of drug-likeness (QED) is 0.898. The summed E-state index contributed by atoms with van der Waals surface area (Å²) in [6, 6.07) is 9.61. The Morgan fingerprint density at radius 2 is 2.04 bits per heavy atom. The summed E-state index contributed by atoms with van der Waals surface area (Å²) in [6.07, 6.45) is 4.96. The molecule has 3 atom stereocenters. The highest BCUT2D eigenvalue weighted by Gasteiger charge is 2.46. The van der Waals surface area contributed by atoms with E-state index in [9.17, 15) is 15.0 Å². The molecule has 4 heteroatoms. The van der Waals surface area contributed by atoms with E-state index < -0.39 is 11.2 Å². The number of piperidine rings is 1. The first-order valence-electron chi connectivity index (χ1n) is 8.69. The molecule has 1 saturated carbocycles. The molecule has 0 bridgehead atoms. The van der Waals surface area contributed by atoms with Crippen molar-refractivity contribution in [2.75, 3.05) is 13.1 Å². The molecule has 1 aliphatic heterocycles. The van der Waals surface area contributed by atoms with E-state index in [2.05, 4.69) is 0 Å². The number of aliphatic hydroxyl groups is 2. The second-order valence-corrected chi connectivity index (χ2v) is 7.48. The Morgan fingerprint density at radius 1 is 1.30 bits per heavy atom.